The van der Waals surface area contributed by atoms with Gasteiger partial charge >= 0.3 is 0 Å². The largest absolute Gasteiger partial charge is 0.339 e. The van der Waals surface area contributed by atoms with Crippen LogP contribution < -0.4 is 5.32 Å². The number of piperidine rings is 1. The van der Waals surface area contributed by atoms with E-state index in [0.29, 0.717) is 10.9 Å². The fraction of sp³-hybridized carbons (Fsp3) is 0.500. The van der Waals surface area contributed by atoms with Crippen LogP contribution in [0, 0.1) is 6.92 Å². The van der Waals surface area contributed by atoms with Crippen LogP contribution in [0.5, 0.6) is 0 Å². The fourth-order valence-electron chi connectivity index (χ4n) is 3.79. The van der Waals surface area contributed by atoms with Crippen molar-refractivity contribution in [1.82, 2.24) is 25.0 Å². The predicted octanol–water partition coefficient (Wildman–Crippen LogP) is 2.36. The number of nitrogens with zero attached hydrogens (tertiary/aromatic N) is 4. The van der Waals surface area contributed by atoms with Crippen LogP contribution >= 0.6 is 11.6 Å². The summed E-state index contributed by atoms with van der Waals surface area (Å²) in [6.07, 6.45) is 1.87. The summed E-state index contributed by atoms with van der Waals surface area (Å²) in [6.45, 7) is 6.13. The third kappa shape index (κ3) is 3.16. The van der Waals surface area contributed by atoms with Gasteiger partial charge in [-0.1, -0.05) is 11.6 Å². The highest BCUT2D eigenvalue weighted by molar-refractivity contribution is 6.30. The Bertz CT molecular complexity index is 795. The zero-order chi connectivity index (χ0) is 17.4. The molecule has 0 aliphatic carbocycles. The molecule has 0 spiro atoms. The molecule has 25 heavy (non-hydrogen) atoms. The zero-order valence-electron chi connectivity index (χ0n) is 14.3. The Kier molecular flexibility index (Phi) is 4.48. The number of amides is 1. The maximum absolute atomic E-state index is 12.8. The number of aromatic nitrogens is 3. The van der Waals surface area contributed by atoms with Gasteiger partial charge in [-0.2, -0.15) is 0 Å². The first-order valence-corrected chi connectivity index (χ1v) is 9.19. The van der Waals surface area contributed by atoms with Crippen molar-refractivity contribution in [3.8, 4) is 0 Å². The zero-order valence-corrected chi connectivity index (χ0v) is 15.1. The molecule has 1 aromatic carbocycles. The molecule has 0 atom stereocenters. The summed E-state index contributed by atoms with van der Waals surface area (Å²) in [7, 11) is 0. The molecule has 2 aliphatic rings. The topological polar surface area (TPSA) is 63.1 Å². The molecule has 1 amide bonds. The Morgan fingerprint density at radius 1 is 1.24 bits per heavy atom. The second kappa shape index (κ2) is 6.77. The number of carbonyl (C=O) groups excluding carboxylic acids is 1. The molecule has 4 rings (SSSR count). The number of halogens is 1. The van der Waals surface area contributed by atoms with E-state index in [1.54, 1.807) is 6.07 Å². The number of hydrogen-bond donors (Lipinski definition) is 1. The van der Waals surface area contributed by atoms with E-state index >= 15 is 0 Å². The summed E-state index contributed by atoms with van der Waals surface area (Å²) in [5.41, 5.74) is 1.67. The molecule has 1 N–H and O–H groups in total. The quantitative estimate of drug-likeness (QED) is 0.894. The van der Waals surface area contributed by atoms with Crippen LogP contribution in [0.3, 0.4) is 0 Å². The van der Waals surface area contributed by atoms with Crippen molar-refractivity contribution in [2.75, 3.05) is 19.6 Å². The van der Waals surface area contributed by atoms with E-state index < -0.39 is 0 Å². The van der Waals surface area contributed by atoms with Gasteiger partial charge in [0, 0.05) is 42.7 Å². The van der Waals surface area contributed by atoms with Gasteiger partial charge in [-0.05, 0) is 43.5 Å². The minimum absolute atomic E-state index is 0.0973. The van der Waals surface area contributed by atoms with E-state index in [1.807, 2.05) is 24.0 Å². The first-order valence-electron chi connectivity index (χ1n) is 8.81. The molecule has 132 valence electrons. The average molecular weight is 360 g/mol. The number of hydrogen-bond acceptors (Lipinski definition) is 4. The molecule has 1 fully saturated rings. The van der Waals surface area contributed by atoms with E-state index in [9.17, 15) is 4.79 Å². The number of aryl methyl sites for hydroxylation is 1. The van der Waals surface area contributed by atoms with Crippen molar-refractivity contribution in [1.29, 1.82) is 0 Å². The van der Waals surface area contributed by atoms with Gasteiger partial charge in [0.25, 0.3) is 5.91 Å². The van der Waals surface area contributed by atoms with Gasteiger partial charge in [0.2, 0.25) is 0 Å². The highest BCUT2D eigenvalue weighted by Gasteiger charge is 2.29. The van der Waals surface area contributed by atoms with Crippen LogP contribution in [0.15, 0.2) is 18.2 Å². The van der Waals surface area contributed by atoms with Crippen LogP contribution in [0.2, 0.25) is 5.02 Å². The van der Waals surface area contributed by atoms with Crippen LogP contribution in [-0.4, -0.2) is 45.2 Å². The van der Waals surface area contributed by atoms with Crippen LogP contribution in [0.4, 0.5) is 0 Å². The van der Waals surface area contributed by atoms with Crippen molar-refractivity contribution in [2.45, 2.75) is 38.8 Å². The lowest BCUT2D eigenvalue weighted by Crippen LogP contribution is -2.39. The molecule has 1 saturated heterocycles. The summed E-state index contributed by atoms with van der Waals surface area (Å²) in [5, 5.41) is 12.7. The van der Waals surface area contributed by atoms with Gasteiger partial charge in [-0.25, -0.2) is 0 Å². The van der Waals surface area contributed by atoms with Gasteiger partial charge in [0.15, 0.2) is 0 Å². The molecule has 0 radical (unpaired) electrons. The Balaban J connectivity index is 1.44. The molecule has 2 aliphatic heterocycles. The number of benzene rings is 1. The summed E-state index contributed by atoms with van der Waals surface area (Å²) in [6, 6.07) is 5.46. The van der Waals surface area contributed by atoms with Crippen molar-refractivity contribution < 1.29 is 4.79 Å². The Morgan fingerprint density at radius 2 is 2.04 bits per heavy atom. The highest BCUT2D eigenvalue weighted by Crippen LogP contribution is 2.29. The summed E-state index contributed by atoms with van der Waals surface area (Å²) in [4.78, 5) is 14.7. The number of nitrogens with one attached hydrogen (secondary N) is 1. The molecule has 2 aromatic rings. The number of fused-ring (bicyclic) bond motifs is 1. The van der Waals surface area contributed by atoms with Crippen molar-refractivity contribution in [3.63, 3.8) is 0 Å². The number of likely N-dealkylation sites (tertiary alicyclic amines) is 1. The Labute approximate surface area is 152 Å². The standard InChI is InChI=1S/C18H22ClN5O/c1-12-10-14(19)2-3-15(12)18(25)23-7-4-13(5-8-23)17-22-21-16-11-20-6-9-24(16)17/h2-3,10,13,20H,4-9,11H2,1H3. The lowest BCUT2D eigenvalue weighted by Gasteiger charge is -2.32. The smallest absolute Gasteiger partial charge is 0.254 e. The fourth-order valence-corrected chi connectivity index (χ4v) is 4.02. The lowest BCUT2D eigenvalue weighted by atomic mass is 9.95. The van der Waals surface area contributed by atoms with Crippen molar-refractivity contribution >= 4 is 17.5 Å². The molecule has 6 nitrogen and oxygen atoms in total. The molecule has 7 heteroatoms. The molecule has 3 heterocycles. The molecule has 1 aromatic heterocycles. The van der Waals surface area contributed by atoms with Gasteiger partial charge in [-0.3, -0.25) is 4.79 Å². The number of rotatable bonds is 2. The average Bonchev–Trinajstić information content (AvgIpc) is 3.05. The molecule has 0 bridgehead atoms. The molecular formula is C18H22ClN5O. The first-order chi connectivity index (χ1) is 12.1. The van der Waals surface area contributed by atoms with E-state index in [-0.39, 0.29) is 5.91 Å². The SMILES string of the molecule is Cc1cc(Cl)ccc1C(=O)N1CCC(c2nnc3n2CCNC3)CC1. The van der Waals surface area contributed by atoms with E-state index in [0.717, 1.165) is 68.3 Å². The number of carbonyl (C=O) groups is 1. The molecule has 0 unspecified atom stereocenters. The van der Waals surface area contributed by atoms with Gasteiger partial charge in [0.1, 0.15) is 11.6 Å². The minimum atomic E-state index is 0.0973. The van der Waals surface area contributed by atoms with E-state index in [2.05, 4.69) is 20.1 Å². The van der Waals surface area contributed by atoms with Crippen LogP contribution in [0.1, 0.15) is 46.3 Å². The minimum Gasteiger partial charge on any atom is -0.339 e. The Hall–Kier alpha value is -1.92. The van der Waals surface area contributed by atoms with E-state index in [4.69, 9.17) is 11.6 Å². The van der Waals surface area contributed by atoms with E-state index in [1.165, 1.54) is 0 Å². The molecular weight excluding hydrogens is 338 g/mol. The van der Waals surface area contributed by atoms with Crippen LogP contribution in [-0.2, 0) is 13.1 Å². The van der Waals surface area contributed by atoms with Crippen molar-refractivity contribution in [2.24, 2.45) is 0 Å². The maximum atomic E-state index is 12.8. The normalized spacial score (nSPS) is 18.2. The lowest BCUT2D eigenvalue weighted by molar-refractivity contribution is 0.0709. The van der Waals surface area contributed by atoms with Crippen LogP contribution in [0.25, 0.3) is 0 Å². The summed E-state index contributed by atoms with van der Waals surface area (Å²) in [5.74, 6) is 2.60. The van der Waals surface area contributed by atoms with Gasteiger partial charge < -0.3 is 14.8 Å². The third-order valence-electron chi connectivity index (χ3n) is 5.22. The van der Waals surface area contributed by atoms with Gasteiger partial charge in [0.05, 0.1) is 6.54 Å². The third-order valence-corrected chi connectivity index (χ3v) is 5.45. The summed E-state index contributed by atoms with van der Waals surface area (Å²) < 4.78 is 2.25. The predicted molar refractivity (Wildman–Crippen MR) is 95.8 cm³/mol. The Morgan fingerprint density at radius 3 is 2.80 bits per heavy atom. The second-order valence-corrected chi connectivity index (χ2v) is 7.26. The molecule has 0 saturated carbocycles. The second-order valence-electron chi connectivity index (χ2n) is 6.83. The monoisotopic (exact) mass is 359 g/mol. The summed E-state index contributed by atoms with van der Waals surface area (Å²) >= 11 is 6.00. The van der Waals surface area contributed by atoms with Gasteiger partial charge in [-0.15, -0.1) is 10.2 Å². The first kappa shape index (κ1) is 16.5. The van der Waals surface area contributed by atoms with Crippen molar-refractivity contribution in [3.05, 3.63) is 46.0 Å². The maximum Gasteiger partial charge on any atom is 0.254 e. The highest BCUT2D eigenvalue weighted by atomic mass is 35.5.